The van der Waals surface area contributed by atoms with Crippen LogP contribution in [0, 0.1) is 5.41 Å². The van der Waals surface area contributed by atoms with Gasteiger partial charge in [-0.05, 0) is 106 Å². The number of carbonyl (C=O) groups is 1. The van der Waals surface area contributed by atoms with E-state index < -0.39 is 34.9 Å². The van der Waals surface area contributed by atoms with Crippen molar-refractivity contribution in [2.75, 3.05) is 32.8 Å². The minimum Gasteiger partial charge on any atom is -0.381 e. The molecule has 1 saturated carbocycles. The van der Waals surface area contributed by atoms with Gasteiger partial charge in [-0.3, -0.25) is 4.79 Å². The fraction of sp³-hybridized carbons (Fsp3) is 0.606. The summed E-state index contributed by atoms with van der Waals surface area (Å²) < 4.78 is 87.6. The first-order valence-electron chi connectivity index (χ1n) is 15.4. The fourth-order valence-electron chi connectivity index (χ4n) is 8.11. The van der Waals surface area contributed by atoms with Gasteiger partial charge in [0.2, 0.25) is 5.91 Å². The van der Waals surface area contributed by atoms with Crippen LogP contribution in [0.3, 0.4) is 0 Å². The van der Waals surface area contributed by atoms with Crippen LogP contribution in [-0.2, 0) is 27.4 Å². The van der Waals surface area contributed by atoms with E-state index in [0.717, 1.165) is 76.1 Å². The van der Waals surface area contributed by atoms with Crippen LogP contribution in [0.2, 0.25) is 0 Å². The molecule has 0 bridgehead atoms. The van der Waals surface area contributed by atoms with Gasteiger partial charge in [0, 0.05) is 19.2 Å². The minimum atomic E-state index is -4.96. The molecular weight excluding hydrogens is 570 g/mol. The van der Waals surface area contributed by atoms with Gasteiger partial charge in [-0.1, -0.05) is 30.3 Å². The molecule has 0 aromatic heterocycles. The molecule has 1 spiro atoms. The molecule has 1 amide bonds. The number of benzene rings is 2. The van der Waals surface area contributed by atoms with Crippen LogP contribution < -0.4 is 0 Å². The zero-order chi connectivity index (χ0) is 30.5. The van der Waals surface area contributed by atoms with E-state index in [4.69, 9.17) is 4.74 Å². The minimum absolute atomic E-state index is 0.128. The molecule has 0 N–H and O–H groups in total. The van der Waals surface area contributed by atoms with Crippen molar-refractivity contribution >= 4 is 5.91 Å². The van der Waals surface area contributed by atoms with Crippen LogP contribution in [0.5, 0.6) is 0 Å². The van der Waals surface area contributed by atoms with Crippen LogP contribution in [0.25, 0.3) is 0 Å². The van der Waals surface area contributed by atoms with E-state index in [0.29, 0.717) is 37.3 Å². The molecule has 43 heavy (non-hydrogen) atoms. The highest BCUT2D eigenvalue weighted by Gasteiger charge is 2.49. The lowest BCUT2D eigenvalue weighted by atomic mass is 9.71. The van der Waals surface area contributed by atoms with Gasteiger partial charge in [0.15, 0.2) is 0 Å². The maximum Gasteiger partial charge on any atom is 0.416 e. The topological polar surface area (TPSA) is 32.8 Å². The van der Waals surface area contributed by atoms with Gasteiger partial charge in [0.1, 0.15) is 0 Å². The van der Waals surface area contributed by atoms with Gasteiger partial charge < -0.3 is 14.5 Å². The molecule has 1 unspecified atom stereocenters. The quantitative estimate of drug-likeness (QED) is 0.333. The molecule has 234 valence electrons. The lowest BCUT2D eigenvalue weighted by molar-refractivity contribution is -0.147. The van der Waals surface area contributed by atoms with Crippen molar-refractivity contribution in [3.63, 3.8) is 0 Å². The number of amides is 1. The van der Waals surface area contributed by atoms with E-state index in [-0.39, 0.29) is 24.0 Å². The summed E-state index contributed by atoms with van der Waals surface area (Å²) in [5.74, 6) is -1.45. The average Bonchev–Trinajstić information content (AvgIpc) is 3.45. The number of likely N-dealkylation sites (tertiary alicyclic amines) is 2. The highest BCUT2D eigenvalue weighted by Crippen LogP contribution is 2.49. The number of piperidine rings is 2. The van der Waals surface area contributed by atoms with Gasteiger partial charge in [-0.2, -0.15) is 26.3 Å². The number of rotatable bonds is 4. The highest BCUT2D eigenvalue weighted by molar-refractivity contribution is 5.85. The normalized spacial score (nSPS) is 28.9. The number of nitrogens with zero attached hydrogens (tertiary/aromatic N) is 2. The Balaban J connectivity index is 1.26. The Morgan fingerprint density at radius 2 is 1.40 bits per heavy atom. The van der Waals surface area contributed by atoms with Crippen LogP contribution in [0.15, 0.2) is 48.5 Å². The Bertz CT molecular complexity index is 1250. The third kappa shape index (κ3) is 5.93. The van der Waals surface area contributed by atoms with Gasteiger partial charge in [-0.25, -0.2) is 0 Å². The summed E-state index contributed by atoms with van der Waals surface area (Å²) in [4.78, 5) is 18.6. The van der Waals surface area contributed by atoms with E-state index in [1.165, 1.54) is 0 Å². The summed E-state index contributed by atoms with van der Waals surface area (Å²) >= 11 is 0. The standard InChI is InChI=1S/C33H38F6N2O2/c34-32(35,36)25-19-23(20-26(21-25)33(37,38)39)28-7-4-15-41(29(28)42)31(24-5-2-1-3-6-24)10-8-27(9-11-31)40-16-12-30(13-17-40)14-18-43-22-30/h1-3,5-6,19-21,27-28H,4,7-18,22H2/t27-,28?,31+. The number of hydrogen-bond acceptors (Lipinski definition) is 3. The molecule has 1 aliphatic carbocycles. The molecule has 10 heteroatoms. The van der Waals surface area contributed by atoms with Gasteiger partial charge >= 0.3 is 12.4 Å². The summed E-state index contributed by atoms with van der Waals surface area (Å²) in [5.41, 5.74) is -2.35. The van der Waals surface area contributed by atoms with Crippen LogP contribution in [-0.4, -0.2) is 54.6 Å². The molecule has 3 aliphatic heterocycles. The van der Waals surface area contributed by atoms with Crippen molar-refractivity contribution in [3.8, 4) is 0 Å². The SMILES string of the molecule is O=C1C(c2cc(C(F)(F)F)cc(C(F)(F)F)c2)CCCN1[C@]1(c2ccccc2)CC[C@H](N2CCC3(CCOC3)CC2)CC1. The molecule has 1 atom stereocenters. The smallest absolute Gasteiger partial charge is 0.381 e. The lowest BCUT2D eigenvalue weighted by Crippen LogP contribution is -2.57. The highest BCUT2D eigenvalue weighted by atomic mass is 19.4. The number of ether oxygens (including phenoxy) is 1. The molecule has 3 saturated heterocycles. The Hall–Kier alpha value is -2.59. The molecule has 4 nitrogen and oxygen atoms in total. The molecule has 2 aromatic rings. The second kappa shape index (κ2) is 11.4. The van der Waals surface area contributed by atoms with Crippen molar-refractivity contribution in [2.24, 2.45) is 5.41 Å². The summed E-state index contributed by atoms with van der Waals surface area (Å²) in [5, 5.41) is 0. The first-order valence-corrected chi connectivity index (χ1v) is 15.4. The van der Waals surface area contributed by atoms with E-state index in [1.54, 1.807) is 4.90 Å². The summed E-state index contributed by atoms with van der Waals surface area (Å²) in [6.07, 6.45) is -2.72. The van der Waals surface area contributed by atoms with Crippen LogP contribution in [0.4, 0.5) is 26.3 Å². The van der Waals surface area contributed by atoms with Crippen molar-refractivity contribution in [1.82, 2.24) is 9.80 Å². The van der Waals surface area contributed by atoms with Crippen molar-refractivity contribution in [3.05, 3.63) is 70.8 Å². The number of halogens is 6. The second-order valence-electron chi connectivity index (χ2n) is 13.0. The average molecular weight is 609 g/mol. The second-order valence-corrected chi connectivity index (χ2v) is 13.0. The monoisotopic (exact) mass is 608 g/mol. The molecule has 3 heterocycles. The first-order chi connectivity index (χ1) is 20.4. The number of hydrogen-bond donors (Lipinski definition) is 0. The molecule has 4 aliphatic rings. The third-order valence-corrected chi connectivity index (χ3v) is 10.6. The van der Waals surface area contributed by atoms with Gasteiger partial charge in [0.05, 0.1) is 29.2 Å². The predicted octanol–water partition coefficient (Wildman–Crippen LogP) is 7.77. The van der Waals surface area contributed by atoms with E-state index in [9.17, 15) is 31.1 Å². The zero-order valence-electron chi connectivity index (χ0n) is 24.2. The van der Waals surface area contributed by atoms with Gasteiger partial charge in [-0.15, -0.1) is 0 Å². The summed E-state index contributed by atoms with van der Waals surface area (Å²) in [6, 6.07) is 11.7. The molecule has 2 aromatic carbocycles. The first kappa shape index (κ1) is 30.4. The van der Waals surface area contributed by atoms with Crippen molar-refractivity contribution < 1.29 is 35.9 Å². The Labute approximate surface area is 248 Å². The van der Waals surface area contributed by atoms with E-state index >= 15 is 0 Å². The Morgan fingerprint density at radius 3 is 1.95 bits per heavy atom. The zero-order valence-corrected chi connectivity index (χ0v) is 24.2. The van der Waals surface area contributed by atoms with Crippen molar-refractivity contribution in [1.29, 1.82) is 0 Å². The van der Waals surface area contributed by atoms with E-state index in [2.05, 4.69) is 4.90 Å². The number of carbonyl (C=O) groups excluding carboxylic acids is 1. The van der Waals surface area contributed by atoms with Gasteiger partial charge in [0.25, 0.3) is 0 Å². The fourth-order valence-corrected chi connectivity index (χ4v) is 8.11. The predicted molar refractivity (Wildman–Crippen MR) is 149 cm³/mol. The summed E-state index contributed by atoms with van der Waals surface area (Å²) in [6.45, 7) is 4.15. The third-order valence-electron chi connectivity index (χ3n) is 10.6. The molecular formula is C33H38F6N2O2. The number of alkyl halides is 6. The Kier molecular flexibility index (Phi) is 8.07. The lowest BCUT2D eigenvalue weighted by Gasteiger charge is -2.53. The van der Waals surface area contributed by atoms with Crippen molar-refractivity contribution in [2.45, 2.75) is 87.6 Å². The maximum atomic E-state index is 14.2. The molecule has 6 rings (SSSR count). The maximum absolute atomic E-state index is 14.2. The summed E-state index contributed by atoms with van der Waals surface area (Å²) in [7, 11) is 0. The van der Waals surface area contributed by atoms with E-state index in [1.807, 2.05) is 30.3 Å². The molecule has 4 fully saturated rings. The molecule has 0 radical (unpaired) electrons. The van der Waals surface area contributed by atoms with Crippen LogP contribution in [0.1, 0.15) is 86.0 Å². The van der Waals surface area contributed by atoms with Crippen LogP contribution >= 0.6 is 0 Å². The largest absolute Gasteiger partial charge is 0.416 e. The Morgan fingerprint density at radius 1 is 0.767 bits per heavy atom.